The molecule has 2 heterocycles. The van der Waals surface area contributed by atoms with Gasteiger partial charge in [-0.05, 0) is 67.9 Å². The molecule has 2 aromatic rings. The molecular weight excluding hydrogens is 344 g/mol. The summed E-state index contributed by atoms with van der Waals surface area (Å²) in [6.45, 7) is 3.98. The Morgan fingerprint density at radius 2 is 1.96 bits per heavy atom. The second kappa shape index (κ2) is 8.42. The van der Waals surface area contributed by atoms with Crippen molar-refractivity contribution in [3.05, 3.63) is 46.2 Å². The summed E-state index contributed by atoms with van der Waals surface area (Å²) in [7, 11) is 1.71. The van der Waals surface area contributed by atoms with Gasteiger partial charge in [-0.15, -0.1) is 11.3 Å². The van der Waals surface area contributed by atoms with E-state index in [0.29, 0.717) is 12.6 Å². The SMILES string of the molecule is COc1cc(CNC2CCN(C3CC3)CC2)ccc1OCc1cccs1. The van der Waals surface area contributed by atoms with Crippen molar-refractivity contribution < 1.29 is 9.47 Å². The first-order chi connectivity index (χ1) is 12.8. The van der Waals surface area contributed by atoms with E-state index < -0.39 is 0 Å². The van der Waals surface area contributed by atoms with Gasteiger partial charge in [-0.3, -0.25) is 0 Å². The molecular formula is C21H28N2O2S. The number of hydrogen-bond donors (Lipinski definition) is 1. The molecule has 4 nitrogen and oxygen atoms in total. The van der Waals surface area contributed by atoms with Crippen LogP contribution in [0.4, 0.5) is 0 Å². The maximum Gasteiger partial charge on any atom is 0.161 e. The molecule has 5 heteroatoms. The summed E-state index contributed by atoms with van der Waals surface area (Å²) in [6.07, 6.45) is 5.35. The lowest BCUT2D eigenvalue weighted by molar-refractivity contribution is 0.189. The van der Waals surface area contributed by atoms with Gasteiger partial charge in [0, 0.05) is 23.5 Å². The highest BCUT2D eigenvalue weighted by atomic mass is 32.1. The number of hydrogen-bond acceptors (Lipinski definition) is 5. The Kier molecular flexibility index (Phi) is 5.78. The van der Waals surface area contributed by atoms with Crippen molar-refractivity contribution in [2.45, 2.75) is 50.9 Å². The fraction of sp³-hybridized carbons (Fsp3) is 0.524. The minimum atomic E-state index is 0.588. The molecule has 1 aliphatic carbocycles. The zero-order valence-electron chi connectivity index (χ0n) is 15.4. The maximum atomic E-state index is 5.92. The highest BCUT2D eigenvalue weighted by Gasteiger charge is 2.31. The Bertz CT molecular complexity index is 692. The van der Waals surface area contributed by atoms with E-state index >= 15 is 0 Å². The van der Waals surface area contributed by atoms with Crippen molar-refractivity contribution in [2.24, 2.45) is 0 Å². The minimum absolute atomic E-state index is 0.588. The van der Waals surface area contributed by atoms with Crippen molar-refractivity contribution >= 4 is 11.3 Å². The lowest BCUT2D eigenvalue weighted by Crippen LogP contribution is -2.43. The van der Waals surface area contributed by atoms with Gasteiger partial charge in [0.2, 0.25) is 0 Å². The lowest BCUT2D eigenvalue weighted by atomic mass is 10.0. The number of ether oxygens (including phenoxy) is 2. The lowest BCUT2D eigenvalue weighted by Gasteiger charge is -2.32. The van der Waals surface area contributed by atoms with Crippen LogP contribution in [0.2, 0.25) is 0 Å². The molecule has 0 amide bonds. The van der Waals surface area contributed by atoms with Gasteiger partial charge in [-0.25, -0.2) is 0 Å². The molecule has 0 radical (unpaired) electrons. The average molecular weight is 373 g/mol. The molecule has 1 N–H and O–H groups in total. The summed E-state index contributed by atoms with van der Waals surface area (Å²) in [5, 5.41) is 5.79. The molecule has 0 spiro atoms. The van der Waals surface area contributed by atoms with Crippen LogP contribution >= 0.6 is 11.3 Å². The summed E-state index contributed by atoms with van der Waals surface area (Å²) in [5.74, 6) is 1.62. The Labute approximate surface area is 160 Å². The van der Waals surface area contributed by atoms with Gasteiger partial charge < -0.3 is 19.7 Å². The topological polar surface area (TPSA) is 33.7 Å². The number of piperidine rings is 1. The average Bonchev–Trinajstić information content (AvgIpc) is 3.41. The number of rotatable bonds is 8. The summed E-state index contributed by atoms with van der Waals surface area (Å²) in [6, 6.07) is 11.9. The van der Waals surface area contributed by atoms with Crippen LogP contribution in [0.3, 0.4) is 0 Å². The summed E-state index contributed by atoms with van der Waals surface area (Å²) >= 11 is 1.71. The molecule has 1 saturated carbocycles. The molecule has 0 atom stereocenters. The molecule has 2 fully saturated rings. The van der Waals surface area contributed by atoms with Crippen LogP contribution < -0.4 is 14.8 Å². The zero-order valence-corrected chi connectivity index (χ0v) is 16.3. The van der Waals surface area contributed by atoms with Crippen LogP contribution in [0, 0.1) is 0 Å². The second-order valence-corrected chi connectivity index (χ2v) is 8.31. The molecule has 1 aromatic heterocycles. The highest BCUT2D eigenvalue weighted by molar-refractivity contribution is 7.09. The normalized spacial score (nSPS) is 18.8. The van der Waals surface area contributed by atoms with Crippen molar-refractivity contribution in [3.63, 3.8) is 0 Å². The molecule has 4 rings (SSSR count). The molecule has 1 saturated heterocycles. The second-order valence-electron chi connectivity index (χ2n) is 7.28. The third kappa shape index (κ3) is 4.58. The van der Waals surface area contributed by atoms with Gasteiger partial charge in [0.05, 0.1) is 7.11 Å². The van der Waals surface area contributed by atoms with Crippen LogP contribution in [0.1, 0.15) is 36.1 Å². The summed E-state index contributed by atoms with van der Waals surface area (Å²) in [5.41, 5.74) is 1.25. The number of nitrogens with one attached hydrogen (secondary N) is 1. The predicted octanol–water partition coefficient (Wildman–Crippen LogP) is 4.05. The Balaban J connectivity index is 1.28. The molecule has 1 aromatic carbocycles. The van der Waals surface area contributed by atoms with Crippen molar-refractivity contribution in [1.29, 1.82) is 0 Å². The van der Waals surface area contributed by atoms with Crippen LogP contribution in [-0.2, 0) is 13.2 Å². The summed E-state index contributed by atoms with van der Waals surface area (Å²) < 4.78 is 11.5. The third-order valence-electron chi connectivity index (χ3n) is 5.37. The fourth-order valence-corrected chi connectivity index (χ4v) is 4.27. The molecule has 1 aliphatic heterocycles. The van der Waals surface area contributed by atoms with Crippen molar-refractivity contribution in [1.82, 2.24) is 10.2 Å². The number of methoxy groups -OCH3 is 1. The number of likely N-dealkylation sites (tertiary alicyclic amines) is 1. The van der Waals surface area contributed by atoms with Crippen molar-refractivity contribution in [2.75, 3.05) is 20.2 Å². The van der Waals surface area contributed by atoms with Gasteiger partial charge in [-0.2, -0.15) is 0 Å². The number of nitrogens with zero attached hydrogens (tertiary/aromatic N) is 1. The minimum Gasteiger partial charge on any atom is -0.493 e. The van der Waals surface area contributed by atoms with E-state index in [-0.39, 0.29) is 0 Å². The maximum absolute atomic E-state index is 5.92. The summed E-state index contributed by atoms with van der Waals surface area (Å²) in [4.78, 5) is 3.89. The quantitative estimate of drug-likeness (QED) is 0.758. The van der Waals surface area contributed by atoms with Gasteiger partial charge in [0.1, 0.15) is 6.61 Å². The van der Waals surface area contributed by atoms with Crippen LogP contribution in [0.25, 0.3) is 0 Å². The Morgan fingerprint density at radius 1 is 1.12 bits per heavy atom. The smallest absolute Gasteiger partial charge is 0.161 e. The first kappa shape index (κ1) is 17.8. The van der Waals surface area contributed by atoms with Gasteiger partial charge in [-0.1, -0.05) is 12.1 Å². The molecule has 2 aliphatic rings. The van der Waals surface area contributed by atoms with E-state index in [1.807, 2.05) is 12.1 Å². The van der Waals surface area contributed by atoms with Crippen LogP contribution in [0.5, 0.6) is 11.5 Å². The van der Waals surface area contributed by atoms with Crippen LogP contribution in [0.15, 0.2) is 35.7 Å². The van der Waals surface area contributed by atoms with Gasteiger partial charge in [0.25, 0.3) is 0 Å². The first-order valence-electron chi connectivity index (χ1n) is 9.61. The first-order valence-corrected chi connectivity index (χ1v) is 10.5. The van der Waals surface area contributed by atoms with Crippen molar-refractivity contribution in [3.8, 4) is 11.5 Å². The predicted molar refractivity (Wildman–Crippen MR) is 106 cm³/mol. The number of thiophene rings is 1. The standard InChI is InChI=1S/C21H28N2O2S/c1-24-21-13-16(4-7-20(21)25-15-19-3-2-12-26-19)14-22-17-8-10-23(11-9-17)18-5-6-18/h2-4,7,12-13,17-18,22H,5-6,8-11,14-15H2,1H3. The molecule has 140 valence electrons. The number of benzene rings is 1. The van der Waals surface area contributed by atoms with Gasteiger partial charge >= 0.3 is 0 Å². The Morgan fingerprint density at radius 3 is 2.65 bits per heavy atom. The van der Waals surface area contributed by atoms with E-state index in [4.69, 9.17) is 9.47 Å². The fourth-order valence-electron chi connectivity index (χ4n) is 3.66. The van der Waals surface area contributed by atoms with Crippen LogP contribution in [-0.4, -0.2) is 37.2 Å². The van der Waals surface area contributed by atoms with Gasteiger partial charge in [0.15, 0.2) is 11.5 Å². The third-order valence-corrected chi connectivity index (χ3v) is 6.22. The zero-order chi connectivity index (χ0) is 17.8. The van der Waals surface area contributed by atoms with E-state index in [0.717, 1.165) is 24.1 Å². The Hall–Kier alpha value is -1.56. The van der Waals surface area contributed by atoms with E-state index in [1.54, 1.807) is 18.4 Å². The molecule has 0 unspecified atom stereocenters. The molecule has 26 heavy (non-hydrogen) atoms. The van der Waals surface area contributed by atoms with E-state index in [2.05, 4.69) is 33.8 Å². The van der Waals surface area contributed by atoms with E-state index in [1.165, 1.54) is 49.2 Å². The van der Waals surface area contributed by atoms with E-state index in [9.17, 15) is 0 Å². The largest absolute Gasteiger partial charge is 0.493 e. The highest BCUT2D eigenvalue weighted by Crippen LogP contribution is 2.30. The molecule has 0 bridgehead atoms. The monoisotopic (exact) mass is 372 g/mol.